The van der Waals surface area contributed by atoms with Gasteiger partial charge in [-0.1, -0.05) is 25.1 Å². The van der Waals surface area contributed by atoms with E-state index in [4.69, 9.17) is 0 Å². The molecule has 1 fully saturated rings. The molecule has 146 valence electrons. The predicted molar refractivity (Wildman–Crippen MR) is 110 cm³/mol. The minimum absolute atomic E-state index is 0.0480. The van der Waals surface area contributed by atoms with E-state index < -0.39 is 5.92 Å². The first-order valence-electron chi connectivity index (χ1n) is 9.46. The van der Waals surface area contributed by atoms with Gasteiger partial charge in [0.2, 0.25) is 17.7 Å². The zero-order valence-corrected chi connectivity index (χ0v) is 16.4. The lowest BCUT2D eigenvalue weighted by molar-refractivity contribution is -0.122. The number of hydrogen-bond acceptors (Lipinski definition) is 3. The quantitative estimate of drug-likeness (QED) is 0.834. The molecule has 0 aliphatic carbocycles. The third kappa shape index (κ3) is 4.22. The van der Waals surface area contributed by atoms with Crippen molar-refractivity contribution >= 4 is 34.8 Å². The largest absolute Gasteiger partial charge is 0.326 e. The molecule has 2 aromatic carbocycles. The minimum Gasteiger partial charge on any atom is -0.326 e. The summed E-state index contributed by atoms with van der Waals surface area (Å²) < 4.78 is 0. The molecule has 0 aromatic heterocycles. The van der Waals surface area contributed by atoms with Crippen molar-refractivity contribution in [3.63, 3.8) is 0 Å². The molecule has 2 aromatic rings. The minimum atomic E-state index is -0.415. The predicted octanol–water partition coefficient (Wildman–Crippen LogP) is 3.51. The van der Waals surface area contributed by atoms with Crippen LogP contribution in [0.4, 0.5) is 17.1 Å². The highest BCUT2D eigenvalue weighted by atomic mass is 16.2. The van der Waals surface area contributed by atoms with E-state index in [9.17, 15) is 14.4 Å². The van der Waals surface area contributed by atoms with E-state index in [-0.39, 0.29) is 24.1 Å². The Hall–Kier alpha value is -3.15. The molecular weight excluding hydrogens is 354 g/mol. The standard InChI is InChI=1S/C22H25N3O3/c1-4-16-8-10-18(11-9-16)25-13-17(12-21(25)27)22(28)24-20-7-5-6-19(14(20)2)23-15(3)26/h5-11,17H,4,12-13H2,1-3H3,(H,23,26)(H,24,28). The van der Waals surface area contributed by atoms with E-state index in [0.29, 0.717) is 17.9 Å². The van der Waals surface area contributed by atoms with Crippen LogP contribution in [0.25, 0.3) is 0 Å². The Morgan fingerprint density at radius 3 is 2.32 bits per heavy atom. The van der Waals surface area contributed by atoms with Crippen molar-refractivity contribution in [3.8, 4) is 0 Å². The third-order valence-corrected chi connectivity index (χ3v) is 5.05. The molecule has 3 amide bonds. The first-order chi connectivity index (χ1) is 13.4. The van der Waals surface area contributed by atoms with Gasteiger partial charge in [0.25, 0.3) is 0 Å². The van der Waals surface area contributed by atoms with E-state index in [1.807, 2.05) is 31.2 Å². The van der Waals surface area contributed by atoms with Gasteiger partial charge >= 0.3 is 0 Å². The van der Waals surface area contributed by atoms with Crippen LogP contribution >= 0.6 is 0 Å². The van der Waals surface area contributed by atoms with Crippen LogP contribution < -0.4 is 15.5 Å². The smallest absolute Gasteiger partial charge is 0.229 e. The fourth-order valence-electron chi connectivity index (χ4n) is 3.38. The molecule has 6 heteroatoms. The van der Waals surface area contributed by atoms with Crippen molar-refractivity contribution < 1.29 is 14.4 Å². The molecule has 1 unspecified atom stereocenters. The lowest BCUT2D eigenvalue weighted by Crippen LogP contribution is -2.28. The highest BCUT2D eigenvalue weighted by molar-refractivity contribution is 6.04. The van der Waals surface area contributed by atoms with Gasteiger partial charge in [0, 0.05) is 37.0 Å². The molecule has 1 aliphatic heterocycles. The molecule has 28 heavy (non-hydrogen) atoms. The van der Waals surface area contributed by atoms with Gasteiger partial charge < -0.3 is 15.5 Å². The Balaban J connectivity index is 1.70. The summed E-state index contributed by atoms with van der Waals surface area (Å²) in [5, 5.41) is 5.66. The van der Waals surface area contributed by atoms with Crippen molar-refractivity contribution in [2.45, 2.75) is 33.6 Å². The van der Waals surface area contributed by atoms with E-state index in [1.54, 1.807) is 23.1 Å². The fraction of sp³-hybridized carbons (Fsp3) is 0.318. The summed E-state index contributed by atoms with van der Waals surface area (Å²) in [6.07, 6.45) is 1.13. The summed E-state index contributed by atoms with van der Waals surface area (Å²) in [7, 11) is 0. The number of carbonyl (C=O) groups is 3. The van der Waals surface area contributed by atoms with Gasteiger partial charge in [-0.2, -0.15) is 0 Å². The van der Waals surface area contributed by atoms with Crippen LogP contribution in [0.3, 0.4) is 0 Å². The average Bonchev–Trinajstić information content (AvgIpc) is 3.06. The first-order valence-corrected chi connectivity index (χ1v) is 9.46. The summed E-state index contributed by atoms with van der Waals surface area (Å²) in [6.45, 7) is 5.72. The van der Waals surface area contributed by atoms with Crippen LogP contribution in [0.2, 0.25) is 0 Å². The summed E-state index contributed by atoms with van der Waals surface area (Å²) in [4.78, 5) is 38.2. The Bertz CT molecular complexity index is 906. The van der Waals surface area contributed by atoms with Crippen molar-refractivity contribution in [3.05, 3.63) is 53.6 Å². The zero-order chi connectivity index (χ0) is 20.3. The number of nitrogens with one attached hydrogen (secondary N) is 2. The summed E-state index contributed by atoms with van der Waals surface area (Å²) in [5.41, 5.74) is 4.10. The molecule has 1 atom stereocenters. The molecule has 0 bridgehead atoms. The lowest BCUT2D eigenvalue weighted by Gasteiger charge is -2.18. The summed E-state index contributed by atoms with van der Waals surface area (Å²) >= 11 is 0. The maximum absolute atomic E-state index is 12.7. The normalized spacial score (nSPS) is 16.2. The number of hydrogen-bond donors (Lipinski definition) is 2. The van der Waals surface area contributed by atoms with Crippen molar-refractivity contribution in [2.75, 3.05) is 22.1 Å². The maximum Gasteiger partial charge on any atom is 0.229 e. The van der Waals surface area contributed by atoms with Crippen LogP contribution in [0.5, 0.6) is 0 Å². The van der Waals surface area contributed by atoms with E-state index in [0.717, 1.165) is 17.7 Å². The number of anilines is 3. The monoisotopic (exact) mass is 379 g/mol. The van der Waals surface area contributed by atoms with Gasteiger partial charge in [0.1, 0.15) is 0 Å². The number of benzene rings is 2. The SMILES string of the molecule is CCc1ccc(N2CC(C(=O)Nc3cccc(NC(C)=O)c3C)CC2=O)cc1. The number of aryl methyl sites for hydroxylation is 1. The summed E-state index contributed by atoms with van der Waals surface area (Å²) in [6, 6.07) is 13.2. The number of carbonyl (C=O) groups excluding carboxylic acids is 3. The highest BCUT2D eigenvalue weighted by Crippen LogP contribution is 2.28. The molecule has 0 radical (unpaired) electrons. The van der Waals surface area contributed by atoms with Crippen LogP contribution in [-0.4, -0.2) is 24.3 Å². The highest BCUT2D eigenvalue weighted by Gasteiger charge is 2.35. The second kappa shape index (κ2) is 8.25. The second-order valence-corrected chi connectivity index (χ2v) is 7.07. The molecule has 1 heterocycles. The van der Waals surface area contributed by atoms with Gasteiger partial charge in [-0.05, 0) is 48.7 Å². The lowest BCUT2D eigenvalue weighted by atomic mass is 10.1. The average molecular weight is 379 g/mol. The van der Waals surface area contributed by atoms with Crippen LogP contribution in [0, 0.1) is 12.8 Å². The maximum atomic E-state index is 12.7. The van der Waals surface area contributed by atoms with Crippen LogP contribution in [0.1, 0.15) is 31.4 Å². The van der Waals surface area contributed by atoms with Crippen molar-refractivity contribution in [2.24, 2.45) is 5.92 Å². The second-order valence-electron chi connectivity index (χ2n) is 7.07. The molecular formula is C22H25N3O3. The van der Waals surface area contributed by atoms with Crippen LogP contribution in [0.15, 0.2) is 42.5 Å². The van der Waals surface area contributed by atoms with E-state index in [2.05, 4.69) is 17.6 Å². The number of rotatable bonds is 5. The third-order valence-electron chi connectivity index (χ3n) is 5.05. The van der Waals surface area contributed by atoms with Gasteiger partial charge in [-0.15, -0.1) is 0 Å². The molecule has 1 aliphatic rings. The molecule has 0 spiro atoms. The van der Waals surface area contributed by atoms with Gasteiger partial charge in [0.15, 0.2) is 0 Å². The van der Waals surface area contributed by atoms with Crippen LogP contribution in [-0.2, 0) is 20.8 Å². The topological polar surface area (TPSA) is 78.5 Å². The Labute approximate surface area is 164 Å². The number of nitrogens with zero attached hydrogens (tertiary/aromatic N) is 1. The molecule has 2 N–H and O–H groups in total. The van der Waals surface area contributed by atoms with Gasteiger partial charge in [0.05, 0.1) is 5.92 Å². The molecule has 1 saturated heterocycles. The van der Waals surface area contributed by atoms with E-state index in [1.165, 1.54) is 12.5 Å². The van der Waals surface area contributed by atoms with Crippen molar-refractivity contribution in [1.29, 1.82) is 0 Å². The Morgan fingerprint density at radius 1 is 1.07 bits per heavy atom. The molecule has 3 rings (SSSR count). The first kappa shape index (κ1) is 19.6. The summed E-state index contributed by atoms with van der Waals surface area (Å²) in [5.74, 6) is -0.822. The fourth-order valence-corrected chi connectivity index (χ4v) is 3.38. The Kier molecular flexibility index (Phi) is 5.78. The zero-order valence-electron chi connectivity index (χ0n) is 16.4. The van der Waals surface area contributed by atoms with E-state index >= 15 is 0 Å². The van der Waals surface area contributed by atoms with Crippen molar-refractivity contribution in [1.82, 2.24) is 0 Å². The Morgan fingerprint density at radius 2 is 1.71 bits per heavy atom. The van der Waals surface area contributed by atoms with Gasteiger partial charge in [-0.3, -0.25) is 14.4 Å². The number of amides is 3. The molecule has 0 saturated carbocycles. The molecule has 6 nitrogen and oxygen atoms in total. The van der Waals surface area contributed by atoms with Gasteiger partial charge in [-0.25, -0.2) is 0 Å².